The first-order valence-corrected chi connectivity index (χ1v) is 7.62. The Kier molecular flexibility index (Phi) is 5.65. The SMILES string of the molecule is NCC#Cc1ccsc1CN1CCN(CC(F)(F)F)CC1. The Balaban J connectivity index is 1.85. The van der Waals surface area contributed by atoms with Gasteiger partial charge < -0.3 is 5.73 Å². The van der Waals surface area contributed by atoms with Gasteiger partial charge in [0.1, 0.15) is 0 Å². The van der Waals surface area contributed by atoms with Gasteiger partial charge in [0.2, 0.25) is 0 Å². The first-order chi connectivity index (χ1) is 9.98. The number of halogens is 3. The molecule has 2 rings (SSSR count). The Hall–Kier alpha value is -1.07. The average Bonchev–Trinajstić information content (AvgIpc) is 2.84. The Morgan fingerprint density at radius 1 is 1.19 bits per heavy atom. The number of hydrogen-bond donors (Lipinski definition) is 1. The van der Waals surface area contributed by atoms with Crippen LogP contribution in [0.15, 0.2) is 11.4 Å². The molecule has 1 fully saturated rings. The molecule has 0 unspecified atom stereocenters. The lowest BCUT2D eigenvalue weighted by molar-refractivity contribution is -0.149. The fourth-order valence-electron chi connectivity index (χ4n) is 2.28. The Labute approximate surface area is 126 Å². The molecule has 1 aromatic heterocycles. The number of piperazine rings is 1. The van der Waals surface area contributed by atoms with Crippen LogP contribution >= 0.6 is 11.3 Å². The summed E-state index contributed by atoms with van der Waals surface area (Å²) >= 11 is 1.63. The minimum Gasteiger partial charge on any atom is -0.320 e. The Morgan fingerprint density at radius 2 is 1.86 bits per heavy atom. The van der Waals surface area contributed by atoms with E-state index in [1.807, 2.05) is 11.4 Å². The van der Waals surface area contributed by atoms with Gasteiger partial charge >= 0.3 is 6.18 Å². The van der Waals surface area contributed by atoms with E-state index in [0.29, 0.717) is 32.7 Å². The van der Waals surface area contributed by atoms with Crippen LogP contribution in [0.5, 0.6) is 0 Å². The lowest BCUT2D eigenvalue weighted by atomic mass is 10.2. The molecule has 116 valence electrons. The summed E-state index contributed by atoms with van der Waals surface area (Å²) < 4.78 is 37.0. The van der Waals surface area contributed by atoms with Crippen molar-refractivity contribution in [2.45, 2.75) is 12.7 Å². The van der Waals surface area contributed by atoms with Crippen LogP contribution < -0.4 is 5.73 Å². The van der Waals surface area contributed by atoms with E-state index >= 15 is 0 Å². The Morgan fingerprint density at radius 3 is 2.48 bits per heavy atom. The number of nitrogens with two attached hydrogens (primary N) is 1. The van der Waals surface area contributed by atoms with E-state index in [0.717, 1.165) is 17.0 Å². The quantitative estimate of drug-likeness (QED) is 0.862. The topological polar surface area (TPSA) is 32.5 Å². The number of nitrogens with zero attached hydrogens (tertiary/aromatic N) is 2. The van der Waals surface area contributed by atoms with Gasteiger partial charge in [-0.1, -0.05) is 11.8 Å². The molecule has 7 heteroatoms. The van der Waals surface area contributed by atoms with Crippen LogP contribution in [0.4, 0.5) is 13.2 Å². The summed E-state index contributed by atoms with van der Waals surface area (Å²) in [5.74, 6) is 5.87. The molecule has 0 aliphatic carbocycles. The molecule has 2 heterocycles. The van der Waals surface area contributed by atoms with Crippen molar-refractivity contribution in [3.05, 3.63) is 21.9 Å². The number of alkyl halides is 3. The molecule has 1 saturated heterocycles. The fourth-order valence-corrected chi connectivity index (χ4v) is 3.15. The minimum absolute atomic E-state index is 0.325. The first kappa shape index (κ1) is 16.3. The summed E-state index contributed by atoms with van der Waals surface area (Å²) in [6.07, 6.45) is -4.11. The van der Waals surface area contributed by atoms with Crippen molar-refractivity contribution in [2.75, 3.05) is 39.3 Å². The third-order valence-electron chi connectivity index (χ3n) is 3.31. The van der Waals surface area contributed by atoms with Crippen molar-refractivity contribution in [3.63, 3.8) is 0 Å². The summed E-state index contributed by atoms with van der Waals surface area (Å²) in [6, 6.07) is 1.96. The van der Waals surface area contributed by atoms with Gasteiger partial charge in [0, 0.05) is 43.2 Å². The lowest BCUT2D eigenvalue weighted by Gasteiger charge is -2.34. The van der Waals surface area contributed by atoms with Crippen molar-refractivity contribution in [1.29, 1.82) is 0 Å². The lowest BCUT2D eigenvalue weighted by Crippen LogP contribution is -2.48. The molecule has 2 N–H and O–H groups in total. The molecule has 1 aliphatic rings. The van der Waals surface area contributed by atoms with E-state index in [2.05, 4.69) is 16.7 Å². The predicted molar refractivity (Wildman–Crippen MR) is 78.0 cm³/mol. The second-order valence-corrected chi connectivity index (χ2v) is 5.93. The van der Waals surface area contributed by atoms with Crippen LogP contribution in [-0.2, 0) is 6.54 Å². The van der Waals surface area contributed by atoms with E-state index in [1.165, 1.54) is 4.90 Å². The van der Waals surface area contributed by atoms with Crippen molar-refractivity contribution >= 4 is 11.3 Å². The van der Waals surface area contributed by atoms with E-state index in [4.69, 9.17) is 5.73 Å². The number of hydrogen-bond acceptors (Lipinski definition) is 4. The summed E-state index contributed by atoms with van der Waals surface area (Å²) in [5, 5.41) is 1.98. The first-order valence-electron chi connectivity index (χ1n) is 6.75. The highest BCUT2D eigenvalue weighted by atomic mass is 32.1. The van der Waals surface area contributed by atoms with Crippen LogP contribution in [0.1, 0.15) is 10.4 Å². The van der Waals surface area contributed by atoms with Gasteiger partial charge in [0.25, 0.3) is 0 Å². The van der Waals surface area contributed by atoms with Gasteiger partial charge in [-0.3, -0.25) is 9.80 Å². The molecule has 0 bridgehead atoms. The predicted octanol–water partition coefficient (Wildman–Crippen LogP) is 1.74. The highest BCUT2D eigenvalue weighted by Gasteiger charge is 2.32. The highest BCUT2D eigenvalue weighted by Crippen LogP contribution is 2.21. The smallest absolute Gasteiger partial charge is 0.320 e. The molecule has 0 amide bonds. The van der Waals surface area contributed by atoms with Crippen molar-refractivity contribution < 1.29 is 13.2 Å². The van der Waals surface area contributed by atoms with Gasteiger partial charge in [0.15, 0.2) is 0 Å². The maximum absolute atomic E-state index is 12.3. The molecular formula is C14H18F3N3S. The normalized spacial score (nSPS) is 17.5. The van der Waals surface area contributed by atoms with E-state index in [-0.39, 0.29) is 0 Å². The van der Waals surface area contributed by atoms with Gasteiger partial charge in [-0.05, 0) is 11.4 Å². The maximum atomic E-state index is 12.3. The molecular weight excluding hydrogens is 299 g/mol. The molecule has 0 radical (unpaired) electrons. The second kappa shape index (κ2) is 7.27. The van der Waals surface area contributed by atoms with Gasteiger partial charge in [-0.2, -0.15) is 13.2 Å². The van der Waals surface area contributed by atoms with Crippen LogP contribution in [0.2, 0.25) is 0 Å². The summed E-state index contributed by atoms with van der Waals surface area (Å²) in [7, 11) is 0. The summed E-state index contributed by atoms with van der Waals surface area (Å²) in [4.78, 5) is 4.78. The standard InChI is InChI=1S/C14H18F3N3S/c15-14(16,17)11-20-7-5-19(6-8-20)10-13-12(2-1-4-18)3-9-21-13/h3,9H,4-8,10-11,18H2. The highest BCUT2D eigenvalue weighted by molar-refractivity contribution is 7.10. The van der Waals surface area contributed by atoms with Gasteiger partial charge in [-0.25, -0.2) is 0 Å². The third-order valence-corrected chi connectivity index (χ3v) is 4.21. The van der Waals surface area contributed by atoms with Crippen molar-refractivity contribution in [1.82, 2.24) is 9.80 Å². The fraction of sp³-hybridized carbons (Fsp3) is 0.571. The average molecular weight is 317 g/mol. The zero-order valence-electron chi connectivity index (χ0n) is 11.6. The third kappa shape index (κ3) is 5.32. The number of thiophene rings is 1. The van der Waals surface area contributed by atoms with E-state index in [1.54, 1.807) is 11.3 Å². The van der Waals surface area contributed by atoms with Gasteiger partial charge in [-0.15, -0.1) is 11.3 Å². The molecule has 21 heavy (non-hydrogen) atoms. The molecule has 0 saturated carbocycles. The van der Waals surface area contributed by atoms with Gasteiger partial charge in [0.05, 0.1) is 13.1 Å². The van der Waals surface area contributed by atoms with Crippen molar-refractivity contribution in [3.8, 4) is 11.8 Å². The molecule has 1 aromatic rings. The molecule has 0 spiro atoms. The van der Waals surface area contributed by atoms with E-state index < -0.39 is 12.7 Å². The molecule has 3 nitrogen and oxygen atoms in total. The zero-order valence-corrected chi connectivity index (χ0v) is 12.4. The maximum Gasteiger partial charge on any atom is 0.401 e. The summed E-state index contributed by atoms with van der Waals surface area (Å²) in [5.41, 5.74) is 6.34. The summed E-state index contributed by atoms with van der Waals surface area (Å²) in [6.45, 7) is 2.46. The van der Waals surface area contributed by atoms with Crippen LogP contribution in [0.25, 0.3) is 0 Å². The van der Waals surface area contributed by atoms with Crippen molar-refractivity contribution in [2.24, 2.45) is 5.73 Å². The number of rotatable bonds is 3. The molecule has 1 aliphatic heterocycles. The van der Waals surface area contributed by atoms with Crippen LogP contribution in [0, 0.1) is 11.8 Å². The minimum atomic E-state index is -4.11. The monoisotopic (exact) mass is 317 g/mol. The largest absolute Gasteiger partial charge is 0.401 e. The van der Waals surface area contributed by atoms with Crippen LogP contribution in [-0.4, -0.2) is 55.2 Å². The molecule has 0 aromatic carbocycles. The van der Waals surface area contributed by atoms with E-state index in [9.17, 15) is 13.2 Å². The van der Waals surface area contributed by atoms with Crippen LogP contribution in [0.3, 0.4) is 0 Å². The Bertz CT molecular complexity index is 508. The molecule has 0 atom stereocenters. The zero-order chi connectivity index (χ0) is 15.3. The second-order valence-electron chi connectivity index (χ2n) is 4.93.